The highest BCUT2D eigenvalue weighted by atomic mass is 35.5. The number of halogens is 3. The van der Waals surface area contributed by atoms with Gasteiger partial charge in [-0.25, -0.2) is 17.2 Å². The Bertz CT molecular complexity index is 1260. The van der Waals surface area contributed by atoms with Crippen LogP contribution in [0.3, 0.4) is 0 Å². The third-order valence-corrected chi connectivity index (χ3v) is 7.83. The van der Waals surface area contributed by atoms with Crippen LogP contribution in [0.25, 0.3) is 11.1 Å². The van der Waals surface area contributed by atoms with Crippen LogP contribution in [0.2, 0.25) is 5.02 Å². The lowest BCUT2D eigenvalue weighted by atomic mass is 9.96. The number of carbonyl (C=O) groups excluding carboxylic acids is 1. The number of amides is 1. The summed E-state index contributed by atoms with van der Waals surface area (Å²) >= 11 is 5.84. The number of benzene rings is 3. The highest BCUT2D eigenvalue weighted by Crippen LogP contribution is 2.33. The molecule has 0 unspecified atom stereocenters. The molecule has 5 nitrogen and oxygen atoms in total. The molecule has 0 atom stereocenters. The van der Waals surface area contributed by atoms with Crippen LogP contribution < -0.4 is 5.32 Å². The van der Waals surface area contributed by atoms with Crippen molar-refractivity contribution in [1.82, 2.24) is 4.31 Å². The minimum atomic E-state index is -3.70. The van der Waals surface area contributed by atoms with E-state index in [-0.39, 0.29) is 42.1 Å². The molecule has 9 heteroatoms. The first-order valence-corrected chi connectivity index (χ1v) is 12.2. The third-order valence-electron chi connectivity index (χ3n) is 5.66. The average molecular weight is 491 g/mol. The van der Waals surface area contributed by atoms with E-state index in [1.54, 1.807) is 30.3 Å². The summed E-state index contributed by atoms with van der Waals surface area (Å²) in [5.41, 5.74) is 0.711. The predicted molar refractivity (Wildman–Crippen MR) is 123 cm³/mol. The summed E-state index contributed by atoms with van der Waals surface area (Å²) < 4.78 is 55.5. The van der Waals surface area contributed by atoms with Gasteiger partial charge >= 0.3 is 0 Å². The van der Waals surface area contributed by atoms with Crippen molar-refractivity contribution in [2.24, 2.45) is 5.92 Å². The second-order valence-corrected chi connectivity index (χ2v) is 10.2. The van der Waals surface area contributed by atoms with Crippen molar-refractivity contribution in [3.05, 3.63) is 83.4 Å². The summed E-state index contributed by atoms with van der Waals surface area (Å²) in [5, 5.41) is 3.04. The first kappa shape index (κ1) is 23.4. The first-order chi connectivity index (χ1) is 15.8. The minimum Gasteiger partial charge on any atom is -0.323 e. The SMILES string of the molecule is O=C(Nc1c(F)cc(F)cc1-c1ccccc1)C1CCN(S(=O)(=O)c2ccc(Cl)cc2)CC1. The Kier molecular flexibility index (Phi) is 6.78. The van der Waals surface area contributed by atoms with Crippen molar-refractivity contribution in [2.75, 3.05) is 18.4 Å². The van der Waals surface area contributed by atoms with E-state index in [2.05, 4.69) is 5.32 Å². The summed E-state index contributed by atoms with van der Waals surface area (Å²) in [6.07, 6.45) is 0.560. The summed E-state index contributed by atoms with van der Waals surface area (Å²) in [6, 6.07) is 16.5. The van der Waals surface area contributed by atoms with Crippen LogP contribution in [0.15, 0.2) is 71.6 Å². The van der Waals surface area contributed by atoms with Gasteiger partial charge in [-0.1, -0.05) is 41.9 Å². The number of anilines is 1. The maximum atomic E-state index is 14.6. The Balaban J connectivity index is 1.48. The summed E-state index contributed by atoms with van der Waals surface area (Å²) in [5.74, 6) is -2.55. The summed E-state index contributed by atoms with van der Waals surface area (Å²) in [7, 11) is -3.70. The molecule has 0 saturated carbocycles. The molecule has 172 valence electrons. The van der Waals surface area contributed by atoms with Crippen LogP contribution in [0.5, 0.6) is 0 Å². The molecule has 1 aliphatic heterocycles. The highest BCUT2D eigenvalue weighted by Gasteiger charge is 2.32. The van der Waals surface area contributed by atoms with Crippen molar-refractivity contribution < 1.29 is 22.0 Å². The van der Waals surface area contributed by atoms with Gasteiger partial charge in [0.25, 0.3) is 0 Å². The second kappa shape index (κ2) is 9.59. The number of hydrogen-bond donors (Lipinski definition) is 1. The molecule has 1 saturated heterocycles. The van der Waals surface area contributed by atoms with Crippen molar-refractivity contribution in [2.45, 2.75) is 17.7 Å². The van der Waals surface area contributed by atoms with Crippen LogP contribution in [0, 0.1) is 17.6 Å². The quantitative estimate of drug-likeness (QED) is 0.526. The fraction of sp³-hybridized carbons (Fsp3) is 0.208. The van der Waals surface area contributed by atoms with E-state index in [1.807, 2.05) is 0 Å². The number of piperidine rings is 1. The zero-order valence-electron chi connectivity index (χ0n) is 17.5. The number of sulfonamides is 1. The zero-order valence-corrected chi connectivity index (χ0v) is 19.0. The van der Waals surface area contributed by atoms with E-state index < -0.39 is 33.5 Å². The van der Waals surface area contributed by atoms with Crippen molar-refractivity contribution >= 4 is 33.2 Å². The average Bonchev–Trinajstić information content (AvgIpc) is 2.81. The Morgan fingerprint density at radius 2 is 1.61 bits per heavy atom. The summed E-state index contributed by atoms with van der Waals surface area (Å²) in [4.78, 5) is 13.0. The van der Waals surface area contributed by atoms with Gasteiger partial charge in [-0.3, -0.25) is 4.79 Å². The molecule has 1 amide bonds. The molecular weight excluding hydrogens is 470 g/mol. The Morgan fingerprint density at radius 3 is 2.24 bits per heavy atom. The molecule has 0 spiro atoms. The van der Waals surface area contributed by atoms with Crippen LogP contribution in [0.1, 0.15) is 12.8 Å². The van der Waals surface area contributed by atoms with Gasteiger partial charge in [0.2, 0.25) is 15.9 Å². The van der Waals surface area contributed by atoms with Crippen molar-refractivity contribution in [3.63, 3.8) is 0 Å². The normalized spacial score (nSPS) is 15.4. The van der Waals surface area contributed by atoms with E-state index in [1.165, 1.54) is 34.6 Å². The lowest BCUT2D eigenvalue weighted by Crippen LogP contribution is -2.41. The molecule has 0 bridgehead atoms. The molecule has 0 aliphatic carbocycles. The number of carbonyl (C=O) groups is 1. The first-order valence-electron chi connectivity index (χ1n) is 10.4. The minimum absolute atomic E-state index is 0.0937. The van der Waals surface area contributed by atoms with E-state index in [4.69, 9.17) is 11.6 Å². The van der Waals surface area contributed by atoms with Gasteiger partial charge in [-0.05, 0) is 48.7 Å². The molecule has 1 fully saturated rings. The zero-order chi connectivity index (χ0) is 23.6. The van der Waals surface area contributed by atoms with Crippen LogP contribution in [-0.4, -0.2) is 31.7 Å². The van der Waals surface area contributed by atoms with Gasteiger partial charge in [0, 0.05) is 35.7 Å². The van der Waals surface area contributed by atoms with Crippen molar-refractivity contribution in [3.8, 4) is 11.1 Å². The molecule has 0 radical (unpaired) electrons. The van der Waals surface area contributed by atoms with E-state index >= 15 is 0 Å². The van der Waals surface area contributed by atoms with Crippen LogP contribution in [-0.2, 0) is 14.8 Å². The van der Waals surface area contributed by atoms with Crippen molar-refractivity contribution in [1.29, 1.82) is 0 Å². The van der Waals surface area contributed by atoms with Crippen LogP contribution in [0.4, 0.5) is 14.5 Å². The number of hydrogen-bond acceptors (Lipinski definition) is 3. The van der Waals surface area contributed by atoms with Gasteiger partial charge in [-0.15, -0.1) is 0 Å². The fourth-order valence-corrected chi connectivity index (χ4v) is 5.48. The van der Waals surface area contributed by atoms with Gasteiger partial charge in [-0.2, -0.15) is 4.31 Å². The Morgan fingerprint density at radius 1 is 0.970 bits per heavy atom. The van der Waals surface area contributed by atoms with Gasteiger partial charge in [0.05, 0.1) is 10.6 Å². The highest BCUT2D eigenvalue weighted by molar-refractivity contribution is 7.89. The third kappa shape index (κ3) is 5.08. The predicted octanol–water partition coefficient (Wildman–Crippen LogP) is 5.32. The Hall–Kier alpha value is -2.81. The maximum Gasteiger partial charge on any atom is 0.243 e. The van der Waals surface area contributed by atoms with E-state index in [0.717, 1.165) is 6.07 Å². The molecule has 0 aromatic heterocycles. The lowest BCUT2D eigenvalue weighted by Gasteiger charge is -2.30. The molecule has 3 aromatic carbocycles. The molecule has 33 heavy (non-hydrogen) atoms. The summed E-state index contributed by atoms with van der Waals surface area (Å²) in [6.45, 7) is 0.307. The molecule has 1 N–H and O–H groups in total. The monoisotopic (exact) mass is 490 g/mol. The number of rotatable bonds is 5. The standard InChI is InChI=1S/C24H21ClF2N2O3S/c25-18-6-8-20(9-7-18)33(31,32)29-12-10-17(11-13-29)24(30)28-23-21(14-19(26)15-22(23)27)16-4-2-1-3-5-16/h1-9,14-15,17H,10-13H2,(H,28,30). The molecule has 4 rings (SSSR count). The number of nitrogens with zero attached hydrogens (tertiary/aromatic N) is 1. The van der Waals surface area contributed by atoms with E-state index in [0.29, 0.717) is 10.6 Å². The van der Waals surface area contributed by atoms with Crippen LogP contribution >= 0.6 is 11.6 Å². The van der Waals surface area contributed by atoms with Gasteiger partial charge in [0.1, 0.15) is 11.6 Å². The molecule has 1 heterocycles. The molecule has 3 aromatic rings. The topological polar surface area (TPSA) is 66.5 Å². The number of nitrogens with one attached hydrogen (secondary N) is 1. The van der Waals surface area contributed by atoms with Gasteiger partial charge < -0.3 is 5.32 Å². The largest absolute Gasteiger partial charge is 0.323 e. The molecule has 1 aliphatic rings. The van der Waals surface area contributed by atoms with Gasteiger partial charge in [0.15, 0.2) is 0 Å². The lowest BCUT2D eigenvalue weighted by molar-refractivity contribution is -0.120. The molecular formula is C24H21ClF2N2O3S. The Labute approximate surface area is 196 Å². The maximum absolute atomic E-state index is 14.6. The second-order valence-electron chi connectivity index (χ2n) is 7.80. The van der Waals surface area contributed by atoms with E-state index in [9.17, 15) is 22.0 Å². The smallest absolute Gasteiger partial charge is 0.243 e. The fourth-order valence-electron chi connectivity index (χ4n) is 3.89.